The first-order valence-electron chi connectivity index (χ1n) is 7.57. The number of fused-ring (bicyclic) bond motifs is 1. The fraction of sp³-hybridized carbons (Fsp3) is 0.278. The quantitative estimate of drug-likeness (QED) is 0.728. The second-order valence-corrected chi connectivity index (χ2v) is 5.36. The summed E-state index contributed by atoms with van der Waals surface area (Å²) in [5.74, 6) is 1.41. The average molecular weight is 312 g/mol. The van der Waals surface area contributed by atoms with Gasteiger partial charge in [-0.25, -0.2) is 4.68 Å². The average Bonchev–Trinajstić information content (AvgIpc) is 2.93. The number of methoxy groups -OCH3 is 2. The Balaban J connectivity index is 2.02. The summed E-state index contributed by atoms with van der Waals surface area (Å²) in [5, 5.41) is 2.13. The van der Waals surface area contributed by atoms with E-state index < -0.39 is 0 Å². The maximum Gasteiger partial charge on any atom is 0.266 e. The second-order valence-electron chi connectivity index (χ2n) is 5.36. The van der Waals surface area contributed by atoms with Crippen molar-refractivity contribution in [3.63, 3.8) is 0 Å². The van der Waals surface area contributed by atoms with Gasteiger partial charge in [0, 0.05) is 18.8 Å². The number of rotatable bonds is 5. The number of benzene rings is 2. The largest absolute Gasteiger partial charge is 0.493 e. The number of hydrogen-bond acceptors (Lipinski definition) is 3. The lowest BCUT2D eigenvalue weighted by atomic mass is 10.1. The van der Waals surface area contributed by atoms with Crippen LogP contribution >= 0.6 is 0 Å². The van der Waals surface area contributed by atoms with E-state index in [4.69, 9.17) is 9.47 Å². The summed E-state index contributed by atoms with van der Waals surface area (Å²) in [4.78, 5) is 12.0. The number of hydrogen-bond donors (Lipinski definition) is 0. The van der Waals surface area contributed by atoms with E-state index in [1.165, 1.54) is 0 Å². The third-order valence-electron chi connectivity index (χ3n) is 4.02. The van der Waals surface area contributed by atoms with E-state index in [0.29, 0.717) is 18.0 Å². The van der Waals surface area contributed by atoms with E-state index in [9.17, 15) is 4.79 Å². The van der Waals surface area contributed by atoms with Crippen molar-refractivity contribution in [1.29, 1.82) is 0 Å². The standard InChI is InChI=1S/C18H20N2O3/c1-4-19-8-7-18(21)20(19)12-13-5-6-14-10-16(22-2)17(23-3)11-15(14)9-13/h5-11H,4,12H2,1-3H3. The Morgan fingerprint density at radius 1 is 0.957 bits per heavy atom. The molecule has 0 atom stereocenters. The lowest BCUT2D eigenvalue weighted by molar-refractivity contribution is 0.356. The minimum Gasteiger partial charge on any atom is -0.493 e. The molecule has 0 amide bonds. The molecular formula is C18H20N2O3. The summed E-state index contributed by atoms with van der Waals surface area (Å²) in [6.07, 6.45) is 1.82. The third-order valence-corrected chi connectivity index (χ3v) is 4.02. The maximum absolute atomic E-state index is 12.0. The van der Waals surface area contributed by atoms with Crippen LogP contribution in [0.4, 0.5) is 0 Å². The molecule has 0 saturated carbocycles. The van der Waals surface area contributed by atoms with Crippen molar-refractivity contribution in [3.05, 3.63) is 58.5 Å². The molecule has 0 saturated heterocycles. The van der Waals surface area contributed by atoms with E-state index in [-0.39, 0.29) is 5.56 Å². The molecule has 3 rings (SSSR count). The smallest absolute Gasteiger partial charge is 0.266 e. The molecule has 0 aliphatic rings. The number of nitrogens with zero attached hydrogens (tertiary/aromatic N) is 2. The Morgan fingerprint density at radius 3 is 2.30 bits per heavy atom. The van der Waals surface area contributed by atoms with Crippen molar-refractivity contribution in [2.45, 2.75) is 20.0 Å². The summed E-state index contributed by atoms with van der Waals surface area (Å²) in [5.41, 5.74) is 1.08. The Kier molecular flexibility index (Phi) is 4.10. The van der Waals surface area contributed by atoms with Crippen LogP contribution in [-0.2, 0) is 13.1 Å². The Bertz CT molecular complexity index is 893. The third kappa shape index (κ3) is 2.82. The minimum absolute atomic E-state index is 0.0132. The highest BCUT2D eigenvalue weighted by atomic mass is 16.5. The lowest BCUT2D eigenvalue weighted by Gasteiger charge is -2.12. The molecule has 2 aromatic carbocycles. The van der Waals surface area contributed by atoms with Gasteiger partial charge in [0.25, 0.3) is 5.56 Å². The predicted molar refractivity (Wildman–Crippen MR) is 90.5 cm³/mol. The molecule has 120 valence electrons. The summed E-state index contributed by atoms with van der Waals surface area (Å²) in [6, 6.07) is 11.7. The molecule has 0 bridgehead atoms. The van der Waals surface area contributed by atoms with Crippen LogP contribution in [0.1, 0.15) is 12.5 Å². The maximum atomic E-state index is 12.0. The van der Waals surface area contributed by atoms with Gasteiger partial charge in [-0.05, 0) is 41.5 Å². The molecular weight excluding hydrogens is 292 g/mol. The second kappa shape index (κ2) is 6.20. The fourth-order valence-electron chi connectivity index (χ4n) is 2.78. The highest BCUT2D eigenvalue weighted by molar-refractivity contribution is 5.86. The molecule has 0 N–H and O–H groups in total. The van der Waals surface area contributed by atoms with Gasteiger partial charge in [0.2, 0.25) is 0 Å². The molecule has 3 aromatic rings. The zero-order chi connectivity index (χ0) is 16.4. The molecule has 0 unspecified atom stereocenters. The number of aromatic nitrogens is 2. The predicted octanol–water partition coefficient (Wildman–Crippen LogP) is 2.89. The van der Waals surface area contributed by atoms with Gasteiger partial charge in [-0.2, -0.15) is 0 Å². The molecule has 5 heteroatoms. The molecule has 0 aliphatic heterocycles. The van der Waals surface area contributed by atoms with Crippen molar-refractivity contribution >= 4 is 10.8 Å². The van der Waals surface area contributed by atoms with Crippen molar-refractivity contribution in [3.8, 4) is 11.5 Å². The summed E-state index contributed by atoms with van der Waals surface area (Å²) in [7, 11) is 3.25. The van der Waals surface area contributed by atoms with Crippen LogP contribution in [0.5, 0.6) is 11.5 Å². The molecule has 0 spiro atoms. The van der Waals surface area contributed by atoms with Crippen molar-refractivity contribution in [2.24, 2.45) is 0 Å². The summed E-state index contributed by atoms with van der Waals surface area (Å²) >= 11 is 0. The van der Waals surface area contributed by atoms with Crippen molar-refractivity contribution in [1.82, 2.24) is 9.36 Å². The zero-order valence-corrected chi connectivity index (χ0v) is 13.6. The van der Waals surface area contributed by atoms with E-state index >= 15 is 0 Å². The van der Waals surface area contributed by atoms with Crippen molar-refractivity contribution in [2.75, 3.05) is 14.2 Å². The topological polar surface area (TPSA) is 45.4 Å². The Hall–Kier alpha value is -2.69. The molecule has 1 aromatic heterocycles. The van der Waals surface area contributed by atoms with Crippen LogP contribution in [0, 0.1) is 0 Å². The first-order chi connectivity index (χ1) is 11.2. The van der Waals surface area contributed by atoms with Crippen LogP contribution in [-0.4, -0.2) is 23.6 Å². The summed E-state index contributed by atoms with van der Waals surface area (Å²) < 4.78 is 14.3. The van der Waals surface area contributed by atoms with Crippen LogP contribution < -0.4 is 15.0 Å². The Morgan fingerprint density at radius 2 is 1.65 bits per heavy atom. The highest BCUT2D eigenvalue weighted by Crippen LogP contribution is 2.32. The van der Waals surface area contributed by atoms with Crippen molar-refractivity contribution < 1.29 is 9.47 Å². The first kappa shape index (κ1) is 15.2. The van der Waals surface area contributed by atoms with E-state index in [2.05, 4.69) is 6.07 Å². The normalized spacial score (nSPS) is 10.9. The van der Waals surface area contributed by atoms with Gasteiger partial charge in [0.05, 0.1) is 20.8 Å². The fourth-order valence-corrected chi connectivity index (χ4v) is 2.78. The minimum atomic E-state index is 0.0132. The van der Waals surface area contributed by atoms with Crippen LogP contribution in [0.15, 0.2) is 47.4 Å². The van der Waals surface area contributed by atoms with Gasteiger partial charge < -0.3 is 9.47 Å². The van der Waals surface area contributed by atoms with Crippen LogP contribution in [0.25, 0.3) is 10.8 Å². The van der Waals surface area contributed by atoms with E-state index in [1.54, 1.807) is 25.0 Å². The molecule has 1 heterocycles. The monoisotopic (exact) mass is 312 g/mol. The molecule has 0 aliphatic carbocycles. The summed E-state index contributed by atoms with van der Waals surface area (Å²) in [6.45, 7) is 3.33. The van der Waals surface area contributed by atoms with Gasteiger partial charge >= 0.3 is 0 Å². The lowest BCUT2D eigenvalue weighted by Crippen LogP contribution is -2.22. The van der Waals surface area contributed by atoms with Gasteiger partial charge in [-0.1, -0.05) is 12.1 Å². The van der Waals surface area contributed by atoms with Gasteiger partial charge in [-0.15, -0.1) is 0 Å². The Labute approximate surface area is 134 Å². The van der Waals surface area contributed by atoms with Gasteiger partial charge in [-0.3, -0.25) is 9.48 Å². The number of ether oxygens (including phenoxy) is 2. The number of aryl methyl sites for hydroxylation is 1. The molecule has 5 nitrogen and oxygen atoms in total. The van der Waals surface area contributed by atoms with E-state index in [0.717, 1.165) is 22.9 Å². The van der Waals surface area contributed by atoms with Gasteiger partial charge in [0.1, 0.15) is 0 Å². The SMILES string of the molecule is CCn1ccc(=O)n1Cc1ccc2cc(OC)c(OC)cc2c1. The van der Waals surface area contributed by atoms with Crippen LogP contribution in [0.3, 0.4) is 0 Å². The first-order valence-corrected chi connectivity index (χ1v) is 7.57. The van der Waals surface area contributed by atoms with E-state index in [1.807, 2.05) is 42.1 Å². The molecule has 0 fully saturated rings. The highest BCUT2D eigenvalue weighted by Gasteiger charge is 2.08. The van der Waals surface area contributed by atoms with Crippen LogP contribution in [0.2, 0.25) is 0 Å². The van der Waals surface area contributed by atoms with Gasteiger partial charge in [0.15, 0.2) is 11.5 Å². The zero-order valence-electron chi connectivity index (χ0n) is 13.6. The molecule has 0 radical (unpaired) electrons. The molecule has 23 heavy (non-hydrogen) atoms.